The van der Waals surface area contributed by atoms with Gasteiger partial charge in [0.1, 0.15) is 0 Å². The lowest BCUT2D eigenvalue weighted by atomic mass is 10.1. The van der Waals surface area contributed by atoms with Crippen LogP contribution in [-0.2, 0) is 14.8 Å². The molecule has 2 rings (SSSR count). The third kappa shape index (κ3) is 6.30. The van der Waals surface area contributed by atoms with Crippen molar-refractivity contribution < 1.29 is 17.9 Å². The van der Waals surface area contributed by atoms with E-state index in [0.717, 1.165) is 5.56 Å². The van der Waals surface area contributed by atoms with Gasteiger partial charge in [-0.25, -0.2) is 17.9 Å². The van der Waals surface area contributed by atoms with E-state index in [1.165, 1.54) is 0 Å². The van der Waals surface area contributed by atoms with Gasteiger partial charge in [0.05, 0.1) is 22.1 Å². The predicted octanol–water partition coefficient (Wildman–Crippen LogP) is 4.72. The molecule has 152 valence electrons. The van der Waals surface area contributed by atoms with Crippen molar-refractivity contribution >= 4 is 43.5 Å². The van der Waals surface area contributed by atoms with Gasteiger partial charge >= 0.3 is 5.97 Å². The molecule has 0 saturated heterocycles. The van der Waals surface area contributed by atoms with E-state index in [-0.39, 0.29) is 21.9 Å². The highest BCUT2D eigenvalue weighted by atomic mass is 79.9. The zero-order chi connectivity index (χ0) is 20.7. The van der Waals surface area contributed by atoms with Gasteiger partial charge < -0.3 is 4.74 Å². The standard InChI is InChI=1S/C20H23BrClNO4S/c1-3-17(21)19(23-28(25,26)15-10-8-14(2)9-11-15)12-13-27-20(24)16-6-4-5-7-18(16)22/h4-11,17,19,23H,3,12-13H2,1-2H3/t17-,19+/m0/s1. The Morgan fingerprint density at radius 1 is 1.18 bits per heavy atom. The molecule has 28 heavy (non-hydrogen) atoms. The van der Waals surface area contributed by atoms with Gasteiger partial charge in [-0.15, -0.1) is 0 Å². The minimum Gasteiger partial charge on any atom is -0.462 e. The first-order chi connectivity index (χ1) is 13.2. The number of sulfonamides is 1. The molecular formula is C20H23BrClNO4S. The molecule has 2 atom stereocenters. The van der Waals surface area contributed by atoms with Crippen molar-refractivity contribution in [2.45, 2.75) is 42.5 Å². The Balaban J connectivity index is 2.03. The van der Waals surface area contributed by atoms with E-state index in [4.69, 9.17) is 16.3 Å². The topological polar surface area (TPSA) is 72.5 Å². The van der Waals surface area contributed by atoms with E-state index in [0.29, 0.717) is 17.9 Å². The second-order valence-electron chi connectivity index (χ2n) is 6.37. The molecule has 0 bridgehead atoms. The van der Waals surface area contributed by atoms with Gasteiger partial charge in [-0.3, -0.25) is 0 Å². The number of esters is 1. The summed E-state index contributed by atoms with van der Waals surface area (Å²) in [6.07, 6.45) is 1.03. The zero-order valence-electron chi connectivity index (χ0n) is 15.7. The quantitative estimate of drug-likeness (QED) is 0.410. The highest BCUT2D eigenvalue weighted by Crippen LogP contribution is 2.19. The number of rotatable bonds is 9. The molecule has 0 fully saturated rings. The van der Waals surface area contributed by atoms with Crippen LogP contribution in [0.3, 0.4) is 0 Å². The molecule has 0 aliphatic carbocycles. The molecule has 8 heteroatoms. The number of nitrogens with one attached hydrogen (secondary N) is 1. The van der Waals surface area contributed by atoms with E-state index in [2.05, 4.69) is 20.7 Å². The van der Waals surface area contributed by atoms with E-state index in [9.17, 15) is 13.2 Å². The molecule has 0 saturated carbocycles. The number of carbonyl (C=O) groups is 1. The summed E-state index contributed by atoms with van der Waals surface area (Å²) < 4.78 is 33.4. The lowest BCUT2D eigenvalue weighted by Gasteiger charge is -2.23. The Morgan fingerprint density at radius 3 is 2.43 bits per heavy atom. The minimum atomic E-state index is -3.68. The van der Waals surface area contributed by atoms with Crippen LogP contribution in [0.5, 0.6) is 0 Å². The van der Waals surface area contributed by atoms with Gasteiger partial charge in [0.2, 0.25) is 10.0 Å². The Hall–Kier alpha value is -1.41. The van der Waals surface area contributed by atoms with Crippen molar-refractivity contribution in [1.29, 1.82) is 0 Å². The number of ether oxygens (including phenoxy) is 1. The van der Waals surface area contributed by atoms with Crippen LogP contribution in [0.1, 0.15) is 35.7 Å². The molecule has 0 amide bonds. The normalized spacial score (nSPS) is 13.7. The average Bonchev–Trinajstić information content (AvgIpc) is 2.67. The van der Waals surface area contributed by atoms with Crippen molar-refractivity contribution in [2.75, 3.05) is 6.61 Å². The third-order valence-corrected chi connectivity index (χ3v) is 7.34. The van der Waals surface area contributed by atoms with E-state index in [1.54, 1.807) is 48.5 Å². The minimum absolute atomic E-state index is 0.0627. The average molecular weight is 489 g/mol. The number of carbonyl (C=O) groups excluding carboxylic acids is 1. The number of aryl methyl sites for hydroxylation is 1. The Bertz CT molecular complexity index is 903. The molecule has 2 aromatic rings. The molecule has 0 aliphatic rings. The maximum Gasteiger partial charge on any atom is 0.339 e. The van der Waals surface area contributed by atoms with Crippen LogP contribution in [0.4, 0.5) is 0 Å². The van der Waals surface area contributed by atoms with Crippen molar-refractivity contribution in [1.82, 2.24) is 4.72 Å². The predicted molar refractivity (Wildman–Crippen MR) is 115 cm³/mol. The monoisotopic (exact) mass is 487 g/mol. The van der Waals surface area contributed by atoms with Crippen LogP contribution in [0.15, 0.2) is 53.4 Å². The van der Waals surface area contributed by atoms with Gasteiger partial charge in [-0.1, -0.05) is 64.3 Å². The molecule has 2 aromatic carbocycles. The molecule has 5 nitrogen and oxygen atoms in total. The van der Waals surface area contributed by atoms with E-state index in [1.807, 2.05) is 13.8 Å². The van der Waals surface area contributed by atoms with Crippen LogP contribution in [0, 0.1) is 6.92 Å². The smallest absolute Gasteiger partial charge is 0.339 e. The second-order valence-corrected chi connectivity index (χ2v) is 9.67. The summed E-state index contributed by atoms with van der Waals surface area (Å²) in [5.41, 5.74) is 1.26. The highest BCUT2D eigenvalue weighted by Gasteiger charge is 2.25. The summed E-state index contributed by atoms with van der Waals surface area (Å²) >= 11 is 9.51. The number of halogens is 2. The summed E-state index contributed by atoms with van der Waals surface area (Å²) in [5, 5.41) is 0.316. The molecule has 0 radical (unpaired) electrons. The lowest BCUT2D eigenvalue weighted by molar-refractivity contribution is 0.0492. The third-order valence-electron chi connectivity index (χ3n) is 4.22. The summed E-state index contributed by atoms with van der Waals surface area (Å²) in [7, 11) is -3.68. The fourth-order valence-electron chi connectivity index (χ4n) is 2.57. The summed E-state index contributed by atoms with van der Waals surface area (Å²) in [6, 6.07) is 12.8. The first kappa shape index (κ1) is 22.9. The van der Waals surface area contributed by atoms with Crippen LogP contribution in [-0.4, -0.2) is 31.9 Å². The van der Waals surface area contributed by atoms with Crippen molar-refractivity contribution in [2.24, 2.45) is 0 Å². The largest absolute Gasteiger partial charge is 0.462 e. The maximum atomic E-state index is 12.7. The molecule has 0 unspecified atom stereocenters. The van der Waals surface area contributed by atoms with E-state index >= 15 is 0 Å². The maximum absolute atomic E-state index is 12.7. The fraction of sp³-hybridized carbons (Fsp3) is 0.350. The number of hydrogen-bond donors (Lipinski definition) is 1. The zero-order valence-corrected chi connectivity index (χ0v) is 18.9. The number of benzene rings is 2. The SMILES string of the molecule is CC[C@H](Br)[C@@H](CCOC(=O)c1ccccc1Cl)NS(=O)(=O)c1ccc(C)cc1. The number of alkyl halides is 1. The molecule has 0 aromatic heterocycles. The fourth-order valence-corrected chi connectivity index (χ4v) is 4.66. The molecule has 0 heterocycles. The van der Waals surface area contributed by atoms with Gasteiger partial charge in [0, 0.05) is 10.9 Å². The second kappa shape index (κ2) is 10.4. The molecule has 0 aliphatic heterocycles. The highest BCUT2D eigenvalue weighted by molar-refractivity contribution is 9.09. The van der Waals surface area contributed by atoms with Gasteiger partial charge in [-0.05, 0) is 44.0 Å². The van der Waals surface area contributed by atoms with Crippen LogP contribution < -0.4 is 4.72 Å². The van der Waals surface area contributed by atoms with E-state index < -0.39 is 22.0 Å². The van der Waals surface area contributed by atoms with Gasteiger partial charge in [-0.2, -0.15) is 0 Å². The Labute approximate surface area is 179 Å². The Morgan fingerprint density at radius 2 is 1.82 bits per heavy atom. The van der Waals surface area contributed by atoms with Crippen molar-refractivity contribution in [3.05, 3.63) is 64.7 Å². The molecular weight excluding hydrogens is 466 g/mol. The first-order valence-electron chi connectivity index (χ1n) is 8.89. The molecule has 0 spiro atoms. The summed E-state index contributed by atoms with van der Waals surface area (Å²) in [5.74, 6) is -0.534. The van der Waals surface area contributed by atoms with Crippen LogP contribution >= 0.6 is 27.5 Å². The Kier molecular flexibility index (Phi) is 8.49. The van der Waals surface area contributed by atoms with Crippen molar-refractivity contribution in [3.63, 3.8) is 0 Å². The summed E-state index contributed by atoms with van der Waals surface area (Å²) in [6.45, 7) is 3.90. The molecule has 1 N–H and O–H groups in total. The van der Waals surface area contributed by atoms with Crippen molar-refractivity contribution in [3.8, 4) is 0 Å². The number of hydrogen-bond acceptors (Lipinski definition) is 4. The summed E-state index contributed by atoms with van der Waals surface area (Å²) in [4.78, 5) is 12.3. The van der Waals surface area contributed by atoms with Crippen LogP contribution in [0.25, 0.3) is 0 Å². The lowest BCUT2D eigenvalue weighted by Crippen LogP contribution is -2.41. The first-order valence-corrected chi connectivity index (χ1v) is 11.7. The van der Waals surface area contributed by atoms with Gasteiger partial charge in [0.15, 0.2) is 0 Å². The van der Waals surface area contributed by atoms with Gasteiger partial charge in [0.25, 0.3) is 0 Å². The van der Waals surface area contributed by atoms with Crippen LogP contribution in [0.2, 0.25) is 5.02 Å².